The smallest absolute Gasteiger partial charge is 0.229 e. The summed E-state index contributed by atoms with van der Waals surface area (Å²) in [6.45, 7) is 3.95. The standard InChI is InChI=1S/C21H29N3O2/c25-20-13-17(15-24(20)19-5-1-2-6-19)21(26)22-18-9-7-16(8-10-18)14-23-11-3-4-12-23/h7-10,17,19H,1-6,11-15H2,(H,22,26). The van der Waals surface area contributed by atoms with Crippen LogP contribution in [0.4, 0.5) is 5.69 Å². The summed E-state index contributed by atoms with van der Waals surface area (Å²) >= 11 is 0. The Hall–Kier alpha value is -1.88. The molecule has 2 saturated heterocycles. The fraction of sp³-hybridized carbons (Fsp3) is 0.619. The Morgan fingerprint density at radius 3 is 2.42 bits per heavy atom. The number of benzene rings is 1. The van der Waals surface area contributed by atoms with Gasteiger partial charge < -0.3 is 10.2 Å². The lowest BCUT2D eigenvalue weighted by Gasteiger charge is -2.23. The van der Waals surface area contributed by atoms with Crippen molar-refractivity contribution in [3.8, 4) is 0 Å². The summed E-state index contributed by atoms with van der Waals surface area (Å²) in [7, 11) is 0. The average molecular weight is 355 g/mol. The summed E-state index contributed by atoms with van der Waals surface area (Å²) in [5.41, 5.74) is 2.11. The Bertz CT molecular complexity index is 646. The molecule has 1 aromatic carbocycles. The van der Waals surface area contributed by atoms with Crippen molar-refractivity contribution < 1.29 is 9.59 Å². The van der Waals surface area contributed by atoms with Gasteiger partial charge in [-0.15, -0.1) is 0 Å². The average Bonchev–Trinajstić information content (AvgIpc) is 3.38. The number of rotatable bonds is 5. The van der Waals surface area contributed by atoms with Crippen LogP contribution in [0.5, 0.6) is 0 Å². The van der Waals surface area contributed by atoms with Crippen molar-refractivity contribution in [1.82, 2.24) is 9.80 Å². The number of anilines is 1. The molecule has 1 aliphatic carbocycles. The van der Waals surface area contributed by atoms with Crippen LogP contribution in [-0.2, 0) is 16.1 Å². The summed E-state index contributed by atoms with van der Waals surface area (Å²) < 4.78 is 0. The van der Waals surface area contributed by atoms with Gasteiger partial charge >= 0.3 is 0 Å². The van der Waals surface area contributed by atoms with E-state index in [1.165, 1.54) is 44.3 Å². The van der Waals surface area contributed by atoms with Crippen LogP contribution in [0.3, 0.4) is 0 Å². The van der Waals surface area contributed by atoms with Crippen molar-refractivity contribution >= 4 is 17.5 Å². The van der Waals surface area contributed by atoms with Gasteiger partial charge in [-0.3, -0.25) is 14.5 Å². The quantitative estimate of drug-likeness (QED) is 0.883. The SMILES string of the molecule is O=C(Nc1ccc(CN2CCCC2)cc1)C1CC(=O)N(C2CCCC2)C1. The second-order valence-electron chi connectivity index (χ2n) is 8.05. The van der Waals surface area contributed by atoms with E-state index >= 15 is 0 Å². The van der Waals surface area contributed by atoms with Crippen LogP contribution in [0.15, 0.2) is 24.3 Å². The van der Waals surface area contributed by atoms with Crippen molar-refractivity contribution in [2.24, 2.45) is 5.92 Å². The van der Waals surface area contributed by atoms with E-state index in [0.717, 1.165) is 25.1 Å². The number of likely N-dealkylation sites (tertiary alicyclic amines) is 2. The topological polar surface area (TPSA) is 52.7 Å². The van der Waals surface area contributed by atoms with E-state index in [2.05, 4.69) is 22.3 Å². The molecule has 5 heteroatoms. The highest BCUT2D eigenvalue weighted by Gasteiger charge is 2.38. The van der Waals surface area contributed by atoms with Crippen molar-refractivity contribution in [3.63, 3.8) is 0 Å². The second kappa shape index (κ2) is 7.78. The molecule has 0 bridgehead atoms. The second-order valence-corrected chi connectivity index (χ2v) is 8.05. The van der Waals surface area contributed by atoms with E-state index in [0.29, 0.717) is 19.0 Å². The molecule has 140 valence electrons. The molecule has 26 heavy (non-hydrogen) atoms. The molecule has 1 N–H and O–H groups in total. The zero-order valence-corrected chi connectivity index (χ0v) is 15.5. The van der Waals surface area contributed by atoms with Crippen LogP contribution in [0.1, 0.15) is 50.5 Å². The van der Waals surface area contributed by atoms with E-state index in [-0.39, 0.29) is 17.7 Å². The van der Waals surface area contributed by atoms with E-state index in [1.54, 1.807) is 0 Å². The first-order chi connectivity index (χ1) is 12.7. The molecule has 3 fully saturated rings. The maximum Gasteiger partial charge on any atom is 0.229 e. The molecule has 0 radical (unpaired) electrons. The van der Waals surface area contributed by atoms with Gasteiger partial charge in [0.2, 0.25) is 11.8 Å². The number of amides is 2. The molecule has 1 aromatic rings. The first-order valence-corrected chi connectivity index (χ1v) is 10.1. The first kappa shape index (κ1) is 17.5. The Morgan fingerprint density at radius 2 is 1.73 bits per heavy atom. The minimum absolute atomic E-state index is 0.0221. The van der Waals surface area contributed by atoms with Gasteiger partial charge in [-0.2, -0.15) is 0 Å². The molecule has 2 aliphatic heterocycles. The minimum Gasteiger partial charge on any atom is -0.339 e. The third-order valence-electron chi connectivity index (χ3n) is 6.12. The summed E-state index contributed by atoms with van der Waals surface area (Å²) in [4.78, 5) is 29.3. The highest BCUT2D eigenvalue weighted by Crippen LogP contribution is 2.30. The Labute approximate surface area is 155 Å². The lowest BCUT2D eigenvalue weighted by molar-refractivity contribution is -0.129. The summed E-state index contributed by atoms with van der Waals surface area (Å²) in [5, 5.41) is 3.00. The molecule has 3 aliphatic rings. The zero-order valence-electron chi connectivity index (χ0n) is 15.5. The zero-order chi connectivity index (χ0) is 17.9. The Morgan fingerprint density at radius 1 is 1.04 bits per heavy atom. The van der Waals surface area contributed by atoms with Gasteiger partial charge in [0.25, 0.3) is 0 Å². The van der Waals surface area contributed by atoms with Gasteiger partial charge in [0.15, 0.2) is 0 Å². The number of hydrogen-bond acceptors (Lipinski definition) is 3. The molecule has 5 nitrogen and oxygen atoms in total. The Balaban J connectivity index is 1.30. The van der Waals surface area contributed by atoms with Crippen LogP contribution < -0.4 is 5.32 Å². The maximum atomic E-state index is 12.6. The lowest BCUT2D eigenvalue weighted by atomic mass is 10.1. The highest BCUT2D eigenvalue weighted by atomic mass is 16.2. The van der Waals surface area contributed by atoms with Gasteiger partial charge in [0, 0.05) is 31.2 Å². The third kappa shape index (κ3) is 3.93. The lowest BCUT2D eigenvalue weighted by Crippen LogP contribution is -2.35. The Kier molecular flexibility index (Phi) is 5.25. The molecule has 1 atom stereocenters. The molecule has 0 spiro atoms. The largest absolute Gasteiger partial charge is 0.339 e. The van der Waals surface area contributed by atoms with Gasteiger partial charge in [0.05, 0.1) is 5.92 Å². The predicted molar refractivity (Wildman–Crippen MR) is 102 cm³/mol. The fourth-order valence-electron chi connectivity index (χ4n) is 4.61. The van der Waals surface area contributed by atoms with Gasteiger partial charge in [-0.1, -0.05) is 25.0 Å². The predicted octanol–water partition coefficient (Wildman–Crippen LogP) is 3.01. The summed E-state index contributed by atoms with van der Waals surface area (Å²) in [6.07, 6.45) is 7.55. The normalized spacial score (nSPS) is 24.5. The molecule has 2 heterocycles. The maximum absolute atomic E-state index is 12.6. The van der Waals surface area contributed by atoms with Crippen LogP contribution >= 0.6 is 0 Å². The summed E-state index contributed by atoms with van der Waals surface area (Å²) in [5.74, 6) is -0.0865. The molecule has 0 aromatic heterocycles. The number of nitrogens with one attached hydrogen (secondary N) is 1. The molecule has 1 saturated carbocycles. The van der Waals surface area contributed by atoms with Crippen molar-refractivity contribution in [1.29, 1.82) is 0 Å². The molecular formula is C21H29N3O2. The molecule has 2 amide bonds. The van der Waals surface area contributed by atoms with E-state index in [1.807, 2.05) is 17.0 Å². The molecule has 4 rings (SSSR count). The van der Waals surface area contributed by atoms with Gasteiger partial charge in [0.1, 0.15) is 0 Å². The van der Waals surface area contributed by atoms with Crippen molar-refractivity contribution in [2.75, 3.05) is 25.0 Å². The molecular weight excluding hydrogens is 326 g/mol. The highest BCUT2D eigenvalue weighted by molar-refractivity contribution is 5.97. The van der Waals surface area contributed by atoms with E-state index in [9.17, 15) is 9.59 Å². The van der Waals surface area contributed by atoms with Crippen LogP contribution in [0.2, 0.25) is 0 Å². The number of nitrogens with zero attached hydrogens (tertiary/aromatic N) is 2. The number of carbonyl (C=O) groups is 2. The van der Waals surface area contributed by atoms with Crippen LogP contribution in [-0.4, -0.2) is 47.3 Å². The van der Waals surface area contributed by atoms with E-state index in [4.69, 9.17) is 0 Å². The number of hydrogen-bond donors (Lipinski definition) is 1. The van der Waals surface area contributed by atoms with Gasteiger partial charge in [-0.25, -0.2) is 0 Å². The van der Waals surface area contributed by atoms with Crippen molar-refractivity contribution in [2.45, 2.75) is 57.5 Å². The minimum atomic E-state index is -0.215. The monoisotopic (exact) mass is 355 g/mol. The first-order valence-electron chi connectivity index (χ1n) is 10.1. The third-order valence-corrected chi connectivity index (χ3v) is 6.12. The van der Waals surface area contributed by atoms with E-state index < -0.39 is 0 Å². The van der Waals surface area contributed by atoms with Crippen LogP contribution in [0.25, 0.3) is 0 Å². The van der Waals surface area contributed by atoms with Crippen LogP contribution in [0, 0.1) is 5.92 Å². The molecule has 1 unspecified atom stereocenters. The van der Waals surface area contributed by atoms with Gasteiger partial charge in [-0.05, 0) is 56.5 Å². The van der Waals surface area contributed by atoms with Crippen molar-refractivity contribution in [3.05, 3.63) is 29.8 Å². The summed E-state index contributed by atoms with van der Waals surface area (Å²) in [6, 6.07) is 8.52. The fourth-order valence-corrected chi connectivity index (χ4v) is 4.61. The number of carbonyl (C=O) groups excluding carboxylic acids is 2.